The van der Waals surface area contributed by atoms with E-state index >= 15 is 0 Å². The van der Waals surface area contributed by atoms with Crippen LogP contribution in [0.2, 0.25) is 0 Å². The SMILES string of the molecule is CCCCCCCc1nc(-c2ccncc2)nc(CCCCCCC)c1-c1ccncc1. The fourth-order valence-corrected chi connectivity index (χ4v) is 4.19. The van der Waals surface area contributed by atoms with E-state index in [1.807, 2.05) is 36.9 Å². The van der Waals surface area contributed by atoms with Crippen molar-refractivity contribution in [3.05, 3.63) is 60.4 Å². The minimum atomic E-state index is 0.831. The minimum absolute atomic E-state index is 0.831. The maximum atomic E-state index is 5.10. The van der Waals surface area contributed by atoms with Gasteiger partial charge in [0, 0.05) is 35.9 Å². The second kappa shape index (κ2) is 13.7. The van der Waals surface area contributed by atoms with Gasteiger partial charge in [-0.3, -0.25) is 9.97 Å². The van der Waals surface area contributed by atoms with Crippen LogP contribution in [0, 0.1) is 0 Å². The van der Waals surface area contributed by atoms with Crippen molar-refractivity contribution in [3.63, 3.8) is 0 Å². The van der Waals surface area contributed by atoms with E-state index in [2.05, 4.69) is 35.9 Å². The van der Waals surface area contributed by atoms with Crippen LogP contribution in [-0.2, 0) is 12.8 Å². The lowest BCUT2D eigenvalue weighted by Gasteiger charge is -2.16. The largest absolute Gasteiger partial charge is 0.265 e. The normalized spacial score (nSPS) is 11.1. The molecule has 4 heteroatoms. The first-order valence-electron chi connectivity index (χ1n) is 12.5. The van der Waals surface area contributed by atoms with Crippen LogP contribution in [0.25, 0.3) is 22.5 Å². The van der Waals surface area contributed by atoms with Crippen LogP contribution < -0.4 is 0 Å². The molecule has 0 aliphatic heterocycles. The molecular weight excluding hydrogens is 392 g/mol. The molecule has 0 spiro atoms. The third kappa shape index (κ3) is 7.22. The van der Waals surface area contributed by atoms with Crippen LogP contribution in [-0.4, -0.2) is 19.9 Å². The molecule has 0 bridgehead atoms. The highest BCUT2D eigenvalue weighted by Crippen LogP contribution is 2.30. The third-order valence-corrected chi connectivity index (χ3v) is 6.00. The van der Waals surface area contributed by atoms with Crippen molar-refractivity contribution in [1.29, 1.82) is 0 Å². The number of hydrogen-bond donors (Lipinski definition) is 0. The van der Waals surface area contributed by atoms with Gasteiger partial charge < -0.3 is 0 Å². The van der Waals surface area contributed by atoms with Crippen LogP contribution in [0.5, 0.6) is 0 Å². The Morgan fingerprint density at radius 1 is 0.531 bits per heavy atom. The zero-order valence-corrected chi connectivity index (χ0v) is 19.9. The van der Waals surface area contributed by atoms with E-state index in [0.29, 0.717) is 0 Å². The van der Waals surface area contributed by atoms with Crippen molar-refractivity contribution in [1.82, 2.24) is 19.9 Å². The van der Waals surface area contributed by atoms with Gasteiger partial charge in [0.2, 0.25) is 0 Å². The summed E-state index contributed by atoms with van der Waals surface area (Å²) in [5, 5.41) is 0. The van der Waals surface area contributed by atoms with Crippen LogP contribution in [0.15, 0.2) is 49.1 Å². The molecule has 3 aromatic heterocycles. The maximum absolute atomic E-state index is 5.10. The van der Waals surface area contributed by atoms with Gasteiger partial charge in [0.15, 0.2) is 5.82 Å². The van der Waals surface area contributed by atoms with Gasteiger partial charge in [0.1, 0.15) is 0 Å². The van der Waals surface area contributed by atoms with Gasteiger partial charge in [-0.25, -0.2) is 9.97 Å². The average molecular weight is 431 g/mol. The molecule has 0 aromatic carbocycles. The average Bonchev–Trinajstić information content (AvgIpc) is 2.84. The van der Waals surface area contributed by atoms with Crippen molar-refractivity contribution in [2.45, 2.75) is 90.9 Å². The Labute approximate surface area is 194 Å². The van der Waals surface area contributed by atoms with Gasteiger partial charge in [0.05, 0.1) is 11.4 Å². The van der Waals surface area contributed by atoms with Crippen LogP contribution in [0.1, 0.15) is 89.4 Å². The summed E-state index contributed by atoms with van der Waals surface area (Å²) in [6, 6.07) is 8.23. The predicted molar refractivity (Wildman–Crippen MR) is 133 cm³/mol. The fraction of sp³-hybridized carbons (Fsp3) is 0.500. The van der Waals surface area contributed by atoms with E-state index < -0.39 is 0 Å². The first kappa shape index (κ1) is 24.0. The van der Waals surface area contributed by atoms with Gasteiger partial charge in [-0.05, 0) is 55.5 Å². The highest BCUT2D eigenvalue weighted by Gasteiger charge is 2.17. The smallest absolute Gasteiger partial charge is 0.159 e. The molecule has 0 amide bonds. The minimum Gasteiger partial charge on any atom is -0.265 e. The van der Waals surface area contributed by atoms with E-state index in [9.17, 15) is 0 Å². The summed E-state index contributed by atoms with van der Waals surface area (Å²) in [6.45, 7) is 4.53. The lowest BCUT2D eigenvalue weighted by Crippen LogP contribution is -2.06. The molecule has 0 aliphatic carbocycles. The van der Waals surface area contributed by atoms with Gasteiger partial charge in [0.25, 0.3) is 0 Å². The van der Waals surface area contributed by atoms with Gasteiger partial charge >= 0.3 is 0 Å². The summed E-state index contributed by atoms with van der Waals surface area (Å²) in [5.74, 6) is 0.831. The molecule has 0 radical (unpaired) electrons. The summed E-state index contributed by atoms with van der Waals surface area (Å²) < 4.78 is 0. The van der Waals surface area contributed by atoms with Crippen molar-refractivity contribution < 1.29 is 0 Å². The molecule has 3 heterocycles. The number of aryl methyl sites for hydroxylation is 2. The lowest BCUT2D eigenvalue weighted by atomic mass is 9.96. The molecule has 0 unspecified atom stereocenters. The van der Waals surface area contributed by atoms with E-state index in [4.69, 9.17) is 9.97 Å². The molecule has 3 aromatic rings. The van der Waals surface area contributed by atoms with E-state index in [1.54, 1.807) is 0 Å². The predicted octanol–water partition coefficient (Wildman–Crippen LogP) is 7.63. The zero-order valence-electron chi connectivity index (χ0n) is 19.9. The summed E-state index contributed by atoms with van der Waals surface area (Å²) in [6.07, 6.45) is 22.0. The van der Waals surface area contributed by atoms with Crippen LogP contribution in [0.3, 0.4) is 0 Å². The first-order valence-corrected chi connectivity index (χ1v) is 12.5. The summed E-state index contributed by atoms with van der Waals surface area (Å²) in [7, 11) is 0. The molecule has 0 saturated heterocycles. The van der Waals surface area contributed by atoms with E-state index in [1.165, 1.54) is 86.7 Å². The maximum Gasteiger partial charge on any atom is 0.159 e. The molecule has 170 valence electrons. The van der Waals surface area contributed by atoms with Gasteiger partial charge in [-0.15, -0.1) is 0 Å². The first-order chi connectivity index (χ1) is 15.8. The molecule has 0 saturated carbocycles. The molecule has 0 fully saturated rings. The second-order valence-corrected chi connectivity index (χ2v) is 8.62. The Kier molecular flexibility index (Phi) is 10.3. The lowest BCUT2D eigenvalue weighted by molar-refractivity contribution is 0.622. The summed E-state index contributed by atoms with van der Waals surface area (Å²) >= 11 is 0. The second-order valence-electron chi connectivity index (χ2n) is 8.62. The molecule has 0 atom stereocenters. The van der Waals surface area contributed by atoms with Gasteiger partial charge in [-0.2, -0.15) is 0 Å². The molecule has 4 nitrogen and oxygen atoms in total. The Balaban J connectivity index is 1.95. The molecule has 0 N–H and O–H groups in total. The van der Waals surface area contributed by atoms with Crippen molar-refractivity contribution in [2.75, 3.05) is 0 Å². The number of hydrogen-bond acceptors (Lipinski definition) is 4. The number of aromatic nitrogens is 4. The standard InChI is InChI=1S/C28H38N4/c1-3-5-7-9-11-13-25-27(23-15-19-29-20-16-23)26(14-12-10-8-6-4-2)32-28(31-25)24-17-21-30-22-18-24/h15-22H,3-14H2,1-2H3. The summed E-state index contributed by atoms with van der Waals surface area (Å²) in [4.78, 5) is 18.6. The van der Waals surface area contributed by atoms with Crippen LogP contribution in [0.4, 0.5) is 0 Å². The Bertz CT molecular complexity index is 874. The fourth-order valence-electron chi connectivity index (χ4n) is 4.19. The zero-order chi connectivity index (χ0) is 22.4. The van der Waals surface area contributed by atoms with Crippen molar-refractivity contribution in [2.24, 2.45) is 0 Å². The molecule has 32 heavy (non-hydrogen) atoms. The van der Waals surface area contributed by atoms with Gasteiger partial charge in [-0.1, -0.05) is 65.2 Å². The molecule has 0 aliphatic rings. The Morgan fingerprint density at radius 3 is 1.44 bits per heavy atom. The third-order valence-electron chi connectivity index (χ3n) is 6.00. The quantitative estimate of drug-likeness (QED) is 0.247. The highest BCUT2D eigenvalue weighted by atomic mass is 14.9. The Morgan fingerprint density at radius 2 is 0.969 bits per heavy atom. The summed E-state index contributed by atoms with van der Waals surface area (Å²) in [5.41, 5.74) is 5.82. The number of nitrogens with zero attached hydrogens (tertiary/aromatic N) is 4. The monoisotopic (exact) mass is 430 g/mol. The molecular formula is C28H38N4. The van der Waals surface area contributed by atoms with E-state index in [-0.39, 0.29) is 0 Å². The van der Waals surface area contributed by atoms with Crippen molar-refractivity contribution in [3.8, 4) is 22.5 Å². The Hall–Kier alpha value is -2.62. The highest BCUT2D eigenvalue weighted by molar-refractivity contribution is 5.70. The van der Waals surface area contributed by atoms with Crippen molar-refractivity contribution >= 4 is 0 Å². The topological polar surface area (TPSA) is 51.6 Å². The molecule has 3 rings (SSSR count). The van der Waals surface area contributed by atoms with Crippen LogP contribution >= 0.6 is 0 Å². The number of pyridine rings is 2. The number of unbranched alkanes of at least 4 members (excludes halogenated alkanes) is 8. The number of rotatable bonds is 14. The van der Waals surface area contributed by atoms with E-state index in [0.717, 1.165) is 24.2 Å².